The molecule has 13 heavy (non-hydrogen) atoms. The molecule has 0 radical (unpaired) electrons. The summed E-state index contributed by atoms with van der Waals surface area (Å²) in [7, 11) is 3.70. The van der Waals surface area contributed by atoms with E-state index in [4.69, 9.17) is 4.74 Å². The summed E-state index contributed by atoms with van der Waals surface area (Å²) < 4.78 is 7.14. The Hall–Kier alpha value is -0.870. The SMILES string of the molecule is CCNC(COC)c1cncn1C. The molecule has 1 heterocycles. The van der Waals surface area contributed by atoms with Crippen LogP contribution in [0.2, 0.25) is 0 Å². The second kappa shape index (κ2) is 4.99. The Labute approximate surface area is 78.9 Å². The number of hydrogen-bond acceptors (Lipinski definition) is 3. The first-order valence-corrected chi connectivity index (χ1v) is 4.48. The summed E-state index contributed by atoms with van der Waals surface area (Å²) in [5, 5.41) is 3.34. The van der Waals surface area contributed by atoms with E-state index in [9.17, 15) is 0 Å². The van der Waals surface area contributed by atoms with Crippen LogP contribution in [0.3, 0.4) is 0 Å². The van der Waals surface area contributed by atoms with Crippen LogP contribution >= 0.6 is 0 Å². The second-order valence-electron chi connectivity index (χ2n) is 3.00. The van der Waals surface area contributed by atoms with Gasteiger partial charge >= 0.3 is 0 Å². The largest absolute Gasteiger partial charge is 0.383 e. The molecular weight excluding hydrogens is 166 g/mol. The summed E-state index contributed by atoms with van der Waals surface area (Å²) in [4.78, 5) is 4.07. The molecule has 1 aromatic rings. The molecule has 1 unspecified atom stereocenters. The van der Waals surface area contributed by atoms with Crippen LogP contribution in [-0.4, -0.2) is 29.8 Å². The molecule has 0 saturated carbocycles. The molecule has 0 aromatic carbocycles. The Morgan fingerprint density at radius 1 is 1.69 bits per heavy atom. The molecule has 0 spiro atoms. The van der Waals surface area contributed by atoms with Gasteiger partial charge in [0.2, 0.25) is 0 Å². The van der Waals surface area contributed by atoms with Crippen LogP contribution in [0.5, 0.6) is 0 Å². The van der Waals surface area contributed by atoms with E-state index in [0.29, 0.717) is 6.61 Å². The van der Waals surface area contributed by atoms with Crippen LogP contribution in [0.15, 0.2) is 12.5 Å². The van der Waals surface area contributed by atoms with Crippen molar-refractivity contribution >= 4 is 0 Å². The van der Waals surface area contributed by atoms with Crippen molar-refractivity contribution in [1.82, 2.24) is 14.9 Å². The molecule has 0 aliphatic carbocycles. The molecule has 1 N–H and O–H groups in total. The number of rotatable bonds is 5. The first-order valence-electron chi connectivity index (χ1n) is 4.48. The Morgan fingerprint density at radius 2 is 2.46 bits per heavy atom. The van der Waals surface area contributed by atoms with Gasteiger partial charge in [-0.05, 0) is 6.54 Å². The summed E-state index contributed by atoms with van der Waals surface area (Å²) >= 11 is 0. The zero-order valence-electron chi connectivity index (χ0n) is 8.45. The smallest absolute Gasteiger partial charge is 0.0946 e. The van der Waals surface area contributed by atoms with Gasteiger partial charge in [-0.1, -0.05) is 6.92 Å². The van der Waals surface area contributed by atoms with Crippen LogP contribution in [0, 0.1) is 0 Å². The van der Waals surface area contributed by atoms with Gasteiger partial charge in [0.1, 0.15) is 0 Å². The molecule has 0 saturated heterocycles. The van der Waals surface area contributed by atoms with Gasteiger partial charge in [0, 0.05) is 20.4 Å². The number of ether oxygens (including phenoxy) is 1. The lowest BCUT2D eigenvalue weighted by Gasteiger charge is -2.16. The van der Waals surface area contributed by atoms with Gasteiger partial charge in [0.25, 0.3) is 0 Å². The molecule has 4 nitrogen and oxygen atoms in total. The van der Waals surface area contributed by atoms with Crippen LogP contribution in [0.25, 0.3) is 0 Å². The standard InChI is InChI=1S/C9H17N3O/c1-4-11-8(6-13-3)9-5-10-7-12(9)2/h5,7-8,11H,4,6H2,1-3H3. The topological polar surface area (TPSA) is 39.1 Å². The predicted molar refractivity (Wildman–Crippen MR) is 51.5 cm³/mol. The summed E-state index contributed by atoms with van der Waals surface area (Å²) in [6.07, 6.45) is 3.67. The van der Waals surface area contributed by atoms with E-state index in [-0.39, 0.29) is 6.04 Å². The van der Waals surface area contributed by atoms with Crippen LogP contribution < -0.4 is 5.32 Å². The van der Waals surface area contributed by atoms with Crippen molar-refractivity contribution in [2.45, 2.75) is 13.0 Å². The van der Waals surface area contributed by atoms with E-state index < -0.39 is 0 Å². The molecule has 0 bridgehead atoms. The van der Waals surface area contributed by atoms with Crippen LogP contribution in [0.1, 0.15) is 18.7 Å². The third-order valence-electron chi connectivity index (χ3n) is 1.99. The lowest BCUT2D eigenvalue weighted by Crippen LogP contribution is -2.26. The Bertz CT molecular complexity index is 241. The van der Waals surface area contributed by atoms with Gasteiger partial charge in [-0.15, -0.1) is 0 Å². The number of methoxy groups -OCH3 is 1. The molecule has 74 valence electrons. The minimum Gasteiger partial charge on any atom is -0.383 e. The van der Waals surface area contributed by atoms with Gasteiger partial charge < -0.3 is 14.6 Å². The lowest BCUT2D eigenvalue weighted by atomic mass is 10.2. The minimum atomic E-state index is 0.238. The summed E-state index contributed by atoms with van der Waals surface area (Å²) in [5.41, 5.74) is 1.16. The van der Waals surface area contributed by atoms with Crippen molar-refractivity contribution in [1.29, 1.82) is 0 Å². The van der Waals surface area contributed by atoms with Crippen molar-refractivity contribution in [3.8, 4) is 0 Å². The molecule has 0 aliphatic rings. The van der Waals surface area contributed by atoms with E-state index in [1.54, 1.807) is 13.4 Å². The molecule has 1 rings (SSSR count). The van der Waals surface area contributed by atoms with Gasteiger partial charge in [-0.25, -0.2) is 4.98 Å². The summed E-state index contributed by atoms with van der Waals surface area (Å²) in [6, 6.07) is 0.238. The average molecular weight is 183 g/mol. The third-order valence-corrected chi connectivity index (χ3v) is 1.99. The van der Waals surface area contributed by atoms with Gasteiger partial charge in [-0.2, -0.15) is 0 Å². The zero-order chi connectivity index (χ0) is 9.68. The van der Waals surface area contributed by atoms with Crippen molar-refractivity contribution < 1.29 is 4.74 Å². The van der Waals surface area contributed by atoms with Crippen molar-refractivity contribution in [2.24, 2.45) is 7.05 Å². The van der Waals surface area contributed by atoms with Crippen molar-refractivity contribution in [3.05, 3.63) is 18.2 Å². The highest BCUT2D eigenvalue weighted by Gasteiger charge is 2.12. The van der Waals surface area contributed by atoms with E-state index in [2.05, 4.69) is 17.2 Å². The molecule has 1 aromatic heterocycles. The van der Waals surface area contributed by atoms with Crippen LogP contribution in [0.4, 0.5) is 0 Å². The number of aryl methyl sites for hydroxylation is 1. The number of imidazole rings is 1. The summed E-state index contributed by atoms with van der Waals surface area (Å²) in [5.74, 6) is 0. The van der Waals surface area contributed by atoms with Gasteiger partial charge in [-0.3, -0.25) is 0 Å². The fourth-order valence-corrected chi connectivity index (χ4v) is 1.37. The Kier molecular flexibility index (Phi) is 3.92. The summed E-state index contributed by atoms with van der Waals surface area (Å²) in [6.45, 7) is 3.69. The number of hydrogen-bond donors (Lipinski definition) is 1. The highest BCUT2D eigenvalue weighted by atomic mass is 16.5. The maximum atomic E-state index is 5.13. The quantitative estimate of drug-likeness (QED) is 0.731. The molecule has 0 aliphatic heterocycles. The molecule has 4 heteroatoms. The van der Waals surface area contributed by atoms with Crippen molar-refractivity contribution in [3.63, 3.8) is 0 Å². The highest BCUT2D eigenvalue weighted by molar-refractivity contribution is 5.04. The molecule has 1 atom stereocenters. The van der Waals surface area contributed by atoms with E-state index >= 15 is 0 Å². The Morgan fingerprint density at radius 3 is 2.92 bits per heavy atom. The molecule has 0 fully saturated rings. The van der Waals surface area contributed by atoms with E-state index in [0.717, 1.165) is 12.2 Å². The molecular formula is C9H17N3O. The fourth-order valence-electron chi connectivity index (χ4n) is 1.37. The normalized spacial score (nSPS) is 13.2. The zero-order valence-corrected chi connectivity index (χ0v) is 8.45. The van der Waals surface area contributed by atoms with Gasteiger partial charge in [0.05, 0.1) is 24.7 Å². The molecule has 0 amide bonds. The minimum absolute atomic E-state index is 0.238. The number of aromatic nitrogens is 2. The van der Waals surface area contributed by atoms with E-state index in [1.807, 2.05) is 17.8 Å². The number of nitrogens with one attached hydrogen (secondary N) is 1. The maximum Gasteiger partial charge on any atom is 0.0946 e. The van der Waals surface area contributed by atoms with Gasteiger partial charge in [0.15, 0.2) is 0 Å². The van der Waals surface area contributed by atoms with E-state index in [1.165, 1.54) is 0 Å². The monoisotopic (exact) mass is 183 g/mol. The highest BCUT2D eigenvalue weighted by Crippen LogP contribution is 2.10. The predicted octanol–water partition coefficient (Wildman–Crippen LogP) is 0.717. The first-order chi connectivity index (χ1) is 6.29. The average Bonchev–Trinajstić information content (AvgIpc) is 2.51. The first kappa shape index (κ1) is 10.2. The second-order valence-corrected chi connectivity index (χ2v) is 3.00. The Balaban J connectivity index is 2.69. The van der Waals surface area contributed by atoms with Crippen molar-refractivity contribution in [2.75, 3.05) is 20.3 Å². The number of nitrogens with zero attached hydrogens (tertiary/aromatic N) is 2. The van der Waals surface area contributed by atoms with Crippen LogP contribution in [-0.2, 0) is 11.8 Å². The fraction of sp³-hybridized carbons (Fsp3) is 0.667. The lowest BCUT2D eigenvalue weighted by molar-refractivity contribution is 0.165. The third kappa shape index (κ3) is 2.54. The maximum absolute atomic E-state index is 5.13. The number of likely N-dealkylation sites (N-methyl/N-ethyl adjacent to an activating group) is 1.